The third kappa shape index (κ3) is 8.01. The highest BCUT2D eigenvalue weighted by molar-refractivity contribution is 5.82. The van der Waals surface area contributed by atoms with Gasteiger partial charge in [-0.15, -0.1) is 0 Å². The van der Waals surface area contributed by atoms with E-state index in [1.807, 2.05) is 25.7 Å². The lowest BCUT2D eigenvalue weighted by atomic mass is 9.62. The summed E-state index contributed by atoms with van der Waals surface area (Å²) < 4.78 is 13.5. The monoisotopic (exact) mass is 528 g/mol. The zero-order chi connectivity index (χ0) is 27.2. The Bertz CT molecular complexity index is 909. The molecule has 38 heavy (non-hydrogen) atoms. The molecule has 3 aliphatic rings. The van der Waals surface area contributed by atoms with E-state index in [0.29, 0.717) is 37.9 Å². The van der Waals surface area contributed by atoms with E-state index in [-0.39, 0.29) is 34.6 Å². The van der Waals surface area contributed by atoms with E-state index >= 15 is 0 Å². The van der Waals surface area contributed by atoms with Gasteiger partial charge in [0, 0.05) is 37.6 Å². The molecular weight excluding hydrogens is 479 g/mol. The fourth-order valence-corrected chi connectivity index (χ4v) is 6.94. The van der Waals surface area contributed by atoms with Gasteiger partial charge >= 0.3 is 0 Å². The molecule has 0 unspecified atom stereocenters. The minimum absolute atomic E-state index is 0.0276. The molecule has 1 aromatic rings. The number of rotatable bonds is 9. The summed E-state index contributed by atoms with van der Waals surface area (Å²) >= 11 is 0. The molecule has 2 aliphatic heterocycles. The Hall–Kier alpha value is -1.99. The van der Waals surface area contributed by atoms with E-state index in [2.05, 4.69) is 16.0 Å². The molecule has 3 fully saturated rings. The van der Waals surface area contributed by atoms with Gasteiger partial charge < -0.3 is 20.9 Å². The maximum atomic E-state index is 13.9. The zero-order valence-electron chi connectivity index (χ0n) is 23.8. The second kappa shape index (κ2) is 12.9. The molecule has 2 saturated heterocycles. The minimum atomic E-state index is -0.339. The van der Waals surface area contributed by atoms with Crippen LogP contribution in [0, 0.1) is 17.2 Å². The molecular formula is C31H49FN4O2. The molecule has 7 heteroatoms. The summed E-state index contributed by atoms with van der Waals surface area (Å²) in [6, 6.07) is 6.55. The molecule has 212 valence electrons. The summed E-state index contributed by atoms with van der Waals surface area (Å²) in [4.78, 5) is 29.0. The second-order valence-corrected chi connectivity index (χ2v) is 13.1. The van der Waals surface area contributed by atoms with E-state index in [0.717, 1.165) is 37.9 Å². The summed E-state index contributed by atoms with van der Waals surface area (Å²) in [6.07, 6.45) is 11.3. The van der Waals surface area contributed by atoms with Gasteiger partial charge in [0.2, 0.25) is 11.8 Å². The quantitative estimate of drug-likeness (QED) is 0.439. The van der Waals surface area contributed by atoms with E-state index in [4.69, 9.17) is 0 Å². The van der Waals surface area contributed by atoms with Crippen LogP contribution >= 0.6 is 0 Å². The molecule has 2 atom stereocenters. The van der Waals surface area contributed by atoms with Crippen molar-refractivity contribution in [2.24, 2.45) is 11.3 Å². The maximum Gasteiger partial charge on any atom is 0.240 e. The Morgan fingerprint density at radius 1 is 1.05 bits per heavy atom. The fourth-order valence-electron chi connectivity index (χ4n) is 6.94. The number of hydrogen-bond donors (Lipinski definition) is 3. The standard InChI is InChI=1S/C31H49FN4O2/c1-30(2,3)35-28(37)21-31(24-8-5-4-6-9-24)15-18-36(19-16-31)29(38)27(34-22-26-10-7-17-33-26)20-23-11-13-25(32)14-12-23/h11-14,24,26-27,33-34H,4-10,15-22H2,1-3H3,(H,35,37)/t26-,27-/m1/s1. The number of halogens is 1. The summed E-state index contributed by atoms with van der Waals surface area (Å²) in [7, 11) is 0. The topological polar surface area (TPSA) is 73.5 Å². The van der Waals surface area contributed by atoms with Crippen LogP contribution in [0.3, 0.4) is 0 Å². The fraction of sp³-hybridized carbons (Fsp3) is 0.742. The van der Waals surface area contributed by atoms with Crippen LogP contribution in [-0.2, 0) is 16.0 Å². The number of carbonyl (C=O) groups excluding carboxylic acids is 2. The first kappa shape index (κ1) is 29.0. The predicted octanol–water partition coefficient (Wildman–Crippen LogP) is 4.57. The largest absolute Gasteiger partial charge is 0.351 e. The van der Waals surface area contributed by atoms with Crippen molar-refractivity contribution in [3.8, 4) is 0 Å². The number of hydrogen-bond acceptors (Lipinski definition) is 4. The van der Waals surface area contributed by atoms with Crippen molar-refractivity contribution in [2.75, 3.05) is 26.2 Å². The Balaban J connectivity index is 1.44. The highest BCUT2D eigenvalue weighted by atomic mass is 19.1. The smallest absolute Gasteiger partial charge is 0.240 e. The molecule has 0 radical (unpaired) electrons. The average molecular weight is 529 g/mol. The summed E-state index contributed by atoms with van der Waals surface area (Å²) in [5.41, 5.74) is 0.693. The third-order valence-corrected chi connectivity index (χ3v) is 8.99. The van der Waals surface area contributed by atoms with Crippen LogP contribution in [-0.4, -0.2) is 60.5 Å². The van der Waals surface area contributed by atoms with Crippen LogP contribution in [0.25, 0.3) is 0 Å². The molecule has 1 saturated carbocycles. The van der Waals surface area contributed by atoms with E-state index < -0.39 is 0 Å². The summed E-state index contributed by atoms with van der Waals surface area (Å²) in [5.74, 6) is 0.567. The Morgan fingerprint density at radius 3 is 2.34 bits per heavy atom. The molecule has 2 heterocycles. The van der Waals surface area contributed by atoms with Crippen molar-refractivity contribution < 1.29 is 14.0 Å². The Kier molecular flexibility index (Phi) is 9.85. The lowest BCUT2D eigenvalue weighted by molar-refractivity contribution is -0.138. The molecule has 4 rings (SSSR count). The van der Waals surface area contributed by atoms with E-state index in [1.165, 1.54) is 50.7 Å². The van der Waals surface area contributed by atoms with Crippen LogP contribution < -0.4 is 16.0 Å². The van der Waals surface area contributed by atoms with Gasteiger partial charge in [0.05, 0.1) is 6.04 Å². The van der Waals surface area contributed by atoms with Gasteiger partial charge in [-0.2, -0.15) is 0 Å². The minimum Gasteiger partial charge on any atom is -0.351 e. The van der Waals surface area contributed by atoms with Crippen LogP contribution in [0.4, 0.5) is 4.39 Å². The molecule has 1 aliphatic carbocycles. The second-order valence-electron chi connectivity index (χ2n) is 13.1. The molecule has 2 amide bonds. The molecule has 0 spiro atoms. The number of nitrogens with one attached hydrogen (secondary N) is 3. The van der Waals surface area contributed by atoms with Crippen LogP contribution in [0.1, 0.15) is 90.5 Å². The summed E-state index contributed by atoms with van der Waals surface area (Å²) in [5, 5.41) is 10.3. The number of nitrogens with zero attached hydrogens (tertiary/aromatic N) is 1. The molecule has 1 aromatic carbocycles. The lowest BCUT2D eigenvalue weighted by Crippen LogP contribution is -2.55. The summed E-state index contributed by atoms with van der Waals surface area (Å²) in [6.45, 7) is 9.28. The highest BCUT2D eigenvalue weighted by Crippen LogP contribution is 2.48. The van der Waals surface area contributed by atoms with Gasteiger partial charge in [-0.05, 0) is 101 Å². The van der Waals surface area contributed by atoms with E-state index in [9.17, 15) is 14.0 Å². The number of carbonyl (C=O) groups is 2. The average Bonchev–Trinajstić information content (AvgIpc) is 3.41. The molecule has 3 N–H and O–H groups in total. The van der Waals surface area contributed by atoms with Gasteiger partial charge in [-0.1, -0.05) is 31.4 Å². The number of likely N-dealkylation sites (tertiary alicyclic amines) is 1. The van der Waals surface area contributed by atoms with Crippen LogP contribution in [0.15, 0.2) is 24.3 Å². The Labute approximate surface area is 228 Å². The van der Waals surface area contributed by atoms with Crippen LogP contribution in [0.5, 0.6) is 0 Å². The number of amides is 2. The maximum absolute atomic E-state index is 13.9. The van der Waals surface area contributed by atoms with Crippen LogP contribution in [0.2, 0.25) is 0 Å². The van der Waals surface area contributed by atoms with Gasteiger partial charge in [0.25, 0.3) is 0 Å². The third-order valence-electron chi connectivity index (χ3n) is 8.99. The van der Waals surface area contributed by atoms with Crippen molar-refractivity contribution >= 4 is 11.8 Å². The first-order chi connectivity index (χ1) is 18.1. The first-order valence-corrected chi connectivity index (χ1v) is 14.9. The lowest BCUT2D eigenvalue weighted by Gasteiger charge is -2.48. The Morgan fingerprint density at radius 2 is 1.74 bits per heavy atom. The van der Waals surface area contributed by atoms with Gasteiger partial charge in [0.15, 0.2) is 0 Å². The van der Waals surface area contributed by atoms with Gasteiger partial charge in [-0.3, -0.25) is 9.59 Å². The normalized spacial score (nSPS) is 23.3. The number of benzene rings is 1. The highest BCUT2D eigenvalue weighted by Gasteiger charge is 2.44. The van der Waals surface area contributed by atoms with Crippen molar-refractivity contribution in [3.63, 3.8) is 0 Å². The van der Waals surface area contributed by atoms with Crippen molar-refractivity contribution in [2.45, 2.75) is 109 Å². The number of piperidine rings is 1. The predicted molar refractivity (Wildman–Crippen MR) is 150 cm³/mol. The van der Waals surface area contributed by atoms with Gasteiger partial charge in [0.1, 0.15) is 5.82 Å². The zero-order valence-corrected chi connectivity index (χ0v) is 23.8. The van der Waals surface area contributed by atoms with Crippen molar-refractivity contribution in [1.29, 1.82) is 0 Å². The SMILES string of the molecule is CC(C)(C)NC(=O)CC1(C2CCCCC2)CCN(C(=O)[C@@H](Cc2ccc(F)cc2)NC[C@H]2CCCN2)CC1. The van der Waals surface area contributed by atoms with Crippen molar-refractivity contribution in [3.05, 3.63) is 35.6 Å². The van der Waals surface area contributed by atoms with Crippen molar-refractivity contribution in [1.82, 2.24) is 20.9 Å². The van der Waals surface area contributed by atoms with E-state index in [1.54, 1.807) is 12.1 Å². The van der Waals surface area contributed by atoms with Gasteiger partial charge in [-0.25, -0.2) is 4.39 Å². The molecule has 6 nitrogen and oxygen atoms in total. The first-order valence-electron chi connectivity index (χ1n) is 14.9. The molecule has 0 bridgehead atoms. The molecule has 0 aromatic heterocycles.